The Labute approximate surface area is 195 Å². The number of hydrogen-bond donors (Lipinski definition) is 6. The zero-order valence-corrected chi connectivity index (χ0v) is 18.2. The van der Waals surface area contributed by atoms with Crippen molar-refractivity contribution in [2.24, 2.45) is 0 Å². The fourth-order valence-electron chi connectivity index (χ4n) is 4.00. The summed E-state index contributed by atoms with van der Waals surface area (Å²) in [4.78, 5) is 31.0. The Balaban J connectivity index is 0.000000148. The summed E-state index contributed by atoms with van der Waals surface area (Å²) < 4.78 is 0. The predicted octanol–water partition coefficient (Wildman–Crippen LogP) is 0.855. The number of phenolic OH excluding ortho intramolecular Hbond substituents is 6. The van der Waals surface area contributed by atoms with Crippen LogP contribution in [0.15, 0.2) is 24.8 Å². The largest absolute Gasteiger partial charge is 0.508 e. The van der Waals surface area contributed by atoms with E-state index in [1.54, 1.807) is 0 Å². The lowest BCUT2D eigenvalue weighted by Crippen LogP contribution is -2.71. The highest BCUT2D eigenvalue weighted by molar-refractivity contribution is 5.96. The van der Waals surface area contributed by atoms with Gasteiger partial charge in [0, 0.05) is 18.2 Å². The second-order valence-electron chi connectivity index (χ2n) is 7.97. The molecule has 4 bridgehead atoms. The minimum Gasteiger partial charge on any atom is -0.508 e. The van der Waals surface area contributed by atoms with Crippen molar-refractivity contribution < 1.29 is 40.2 Å². The molecule has 6 N–H and O–H groups in total. The van der Waals surface area contributed by atoms with Gasteiger partial charge in [-0.1, -0.05) is 12.7 Å². The number of benzene rings is 2. The van der Waals surface area contributed by atoms with E-state index < -0.39 is 28.4 Å². The lowest BCUT2D eigenvalue weighted by atomic mass is 10.0. The third kappa shape index (κ3) is 5.38. The Kier molecular flexibility index (Phi) is 7.58. The maximum atomic E-state index is 10.5. The normalized spacial score (nSPS) is 23.6. The lowest BCUT2D eigenvalue weighted by molar-refractivity contribution is -0.194. The number of carbonyl (C=O) groups is 2. The van der Waals surface area contributed by atoms with Gasteiger partial charge in [-0.05, 0) is 0 Å². The van der Waals surface area contributed by atoms with Crippen molar-refractivity contribution in [3.63, 3.8) is 0 Å². The lowest BCUT2D eigenvalue weighted by Gasteiger charge is -2.56. The van der Waals surface area contributed by atoms with Crippen molar-refractivity contribution in [2.45, 2.75) is 0 Å². The highest BCUT2D eigenvalue weighted by Crippen LogP contribution is 2.40. The summed E-state index contributed by atoms with van der Waals surface area (Å²) in [5, 5.41) is 54.2. The van der Waals surface area contributed by atoms with Gasteiger partial charge in [0.2, 0.25) is 0 Å². The zero-order chi connectivity index (χ0) is 25.0. The Morgan fingerprint density at radius 3 is 1.06 bits per heavy atom. The number of hydrogen-bond acceptors (Lipinski definition) is 12. The molecule has 4 heterocycles. The molecule has 0 atom stereocenters. The van der Waals surface area contributed by atoms with E-state index in [0.29, 0.717) is 0 Å². The molecule has 0 aromatic heterocycles. The molecule has 0 saturated carbocycles. The van der Waals surface area contributed by atoms with Crippen molar-refractivity contribution in [2.75, 3.05) is 40.0 Å². The van der Waals surface area contributed by atoms with Crippen LogP contribution in [0.3, 0.4) is 0 Å². The number of aromatic hydroxyl groups is 6. The minimum absolute atomic E-state index is 0.146. The summed E-state index contributed by atoms with van der Waals surface area (Å²) in [5.41, 5.74) is -1.08. The fourth-order valence-corrected chi connectivity index (χ4v) is 4.00. The fraction of sp³-hybridized carbons (Fsp3) is 0.273. The van der Waals surface area contributed by atoms with E-state index in [0.717, 1.165) is 24.3 Å². The molecule has 6 rings (SSSR count). The topological polar surface area (TPSA) is 168 Å². The first kappa shape index (κ1) is 24.8. The van der Waals surface area contributed by atoms with Gasteiger partial charge in [-0.15, -0.1) is 0 Å². The van der Waals surface area contributed by atoms with Crippen LogP contribution in [0.25, 0.3) is 6.08 Å². The summed E-state index contributed by atoms with van der Waals surface area (Å²) in [6, 6.07) is 3.42. The Morgan fingerprint density at radius 1 is 0.559 bits per heavy atom. The molecule has 2 aromatic rings. The van der Waals surface area contributed by atoms with E-state index in [2.05, 4.69) is 26.2 Å². The molecule has 182 valence electrons. The number of carbonyl (C=O) groups excluding carboxylic acids is 2. The number of rotatable bonds is 3. The molecule has 0 aliphatic carbocycles. The van der Waals surface area contributed by atoms with Gasteiger partial charge in [0.15, 0.2) is 12.6 Å². The molecule has 2 aromatic carbocycles. The summed E-state index contributed by atoms with van der Waals surface area (Å²) in [6.45, 7) is 10.4. The van der Waals surface area contributed by atoms with Crippen LogP contribution < -0.4 is 0 Å². The van der Waals surface area contributed by atoms with E-state index in [9.17, 15) is 24.9 Å². The summed E-state index contributed by atoms with van der Waals surface area (Å²) in [6.07, 6.45) is 1.44. The van der Waals surface area contributed by atoms with Crippen LogP contribution in [0.1, 0.15) is 26.3 Å². The van der Waals surface area contributed by atoms with Crippen molar-refractivity contribution in [3.8, 4) is 34.5 Å². The number of phenols is 6. The smallest absolute Gasteiger partial charge is 0.157 e. The van der Waals surface area contributed by atoms with Crippen molar-refractivity contribution in [1.29, 1.82) is 0 Å². The van der Waals surface area contributed by atoms with E-state index in [1.807, 2.05) is 0 Å². The van der Waals surface area contributed by atoms with Crippen molar-refractivity contribution in [1.82, 2.24) is 19.6 Å². The van der Waals surface area contributed by atoms with Crippen LogP contribution >= 0.6 is 0 Å². The standard InChI is InChI=1S/C10H8O5.C6H12N4.C6H6O3/c1-2-5-8(13)6(3-11)10(15)7(4-12)9(5)14;1-7-2-9-4-8(1)5-10(3-7)6-9;7-4-1-5(8)3-6(9)2-4/h2-4,13-15H,1H2;1-6H2;1-3,7-9H. The Hall–Kier alpha value is -3.84. The number of aldehydes is 2. The van der Waals surface area contributed by atoms with Crippen LogP contribution in [0.5, 0.6) is 34.5 Å². The van der Waals surface area contributed by atoms with E-state index in [4.69, 9.17) is 15.3 Å². The highest BCUT2D eigenvalue weighted by Gasteiger charge is 2.36. The molecule has 34 heavy (non-hydrogen) atoms. The Morgan fingerprint density at radius 2 is 0.824 bits per heavy atom. The molecule has 4 fully saturated rings. The summed E-state index contributed by atoms with van der Waals surface area (Å²) in [7, 11) is 0. The van der Waals surface area contributed by atoms with Crippen molar-refractivity contribution in [3.05, 3.63) is 41.5 Å². The molecular weight excluding hydrogens is 448 g/mol. The van der Waals surface area contributed by atoms with E-state index >= 15 is 0 Å². The van der Waals surface area contributed by atoms with E-state index in [-0.39, 0.29) is 35.4 Å². The first-order valence-electron chi connectivity index (χ1n) is 10.1. The highest BCUT2D eigenvalue weighted by atomic mass is 16.3. The first-order valence-corrected chi connectivity index (χ1v) is 10.1. The number of nitrogens with zero attached hydrogens (tertiary/aromatic N) is 4. The van der Waals surface area contributed by atoms with Crippen LogP contribution in [-0.4, -0.2) is 103 Å². The van der Waals surface area contributed by atoms with Crippen LogP contribution in [0.4, 0.5) is 0 Å². The Bertz CT molecular complexity index is 896. The van der Waals surface area contributed by atoms with Crippen LogP contribution in [-0.2, 0) is 0 Å². The first-order chi connectivity index (χ1) is 16.2. The molecular formula is C22H26N4O8. The van der Waals surface area contributed by atoms with E-state index in [1.165, 1.54) is 40.0 Å². The molecule has 0 spiro atoms. The third-order valence-corrected chi connectivity index (χ3v) is 5.26. The van der Waals surface area contributed by atoms with Gasteiger partial charge in [-0.25, -0.2) is 0 Å². The van der Waals surface area contributed by atoms with Crippen molar-refractivity contribution >= 4 is 18.6 Å². The molecule has 4 aliphatic rings. The van der Waals surface area contributed by atoms with Gasteiger partial charge in [0.1, 0.15) is 34.5 Å². The van der Waals surface area contributed by atoms with Crippen LogP contribution in [0.2, 0.25) is 0 Å². The average molecular weight is 474 g/mol. The van der Waals surface area contributed by atoms with Crippen LogP contribution in [0, 0.1) is 0 Å². The molecule has 0 amide bonds. The predicted molar refractivity (Wildman–Crippen MR) is 120 cm³/mol. The van der Waals surface area contributed by atoms with Gasteiger partial charge in [0.25, 0.3) is 0 Å². The SMILES string of the molecule is C1N2CN3CN1CN(C2)C3.C=Cc1c(O)c(C=O)c(O)c(C=O)c1O.Oc1cc(O)cc(O)c1. The van der Waals surface area contributed by atoms with Gasteiger partial charge >= 0.3 is 0 Å². The molecule has 4 saturated heterocycles. The average Bonchev–Trinajstić information content (AvgIpc) is 2.74. The third-order valence-electron chi connectivity index (χ3n) is 5.26. The summed E-state index contributed by atoms with van der Waals surface area (Å²) >= 11 is 0. The minimum atomic E-state index is -0.749. The summed E-state index contributed by atoms with van der Waals surface area (Å²) in [5.74, 6) is -2.41. The van der Waals surface area contributed by atoms with Gasteiger partial charge < -0.3 is 30.6 Å². The molecule has 12 nitrogen and oxygen atoms in total. The molecule has 12 heteroatoms. The second kappa shape index (κ2) is 10.4. The quantitative estimate of drug-likeness (QED) is 0.348. The maximum absolute atomic E-state index is 10.5. The molecule has 4 aliphatic heterocycles. The van der Waals surface area contributed by atoms with Gasteiger partial charge in [0.05, 0.1) is 56.7 Å². The zero-order valence-electron chi connectivity index (χ0n) is 18.2. The maximum Gasteiger partial charge on any atom is 0.157 e. The monoisotopic (exact) mass is 474 g/mol. The van der Waals surface area contributed by atoms with Gasteiger partial charge in [-0.2, -0.15) is 0 Å². The molecule has 0 radical (unpaired) electrons. The molecule has 0 unspecified atom stereocenters. The van der Waals surface area contributed by atoms with Gasteiger partial charge in [-0.3, -0.25) is 29.2 Å². The second-order valence-corrected chi connectivity index (χ2v) is 7.97.